The van der Waals surface area contributed by atoms with Gasteiger partial charge >= 0.3 is 5.97 Å². The molecule has 0 bridgehead atoms. The standard InChI is InChI=1S/C14H17N3O5S/c1-2-7-17(9-13(19)20)12(18)8-15-14-10-5-3-4-6-11(10)23(21,22)16-14/h3-6H,2,7-9H2,1H3,(H,15,16)(H,19,20). The van der Waals surface area contributed by atoms with Crippen LogP contribution < -0.4 is 4.72 Å². The monoisotopic (exact) mass is 339 g/mol. The topological polar surface area (TPSA) is 116 Å². The van der Waals surface area contributed by atoms with E-state index in [9.17, 15) is 18.0 Å². The molecule has 9 heteroatoms. The SMILES string of the molecule is CCCN(CC(=O)O)C(=O)CN=C1NS(=O)(=O)c2ccccc21. The summed E-state index contributed by atoms with van der Waals surface area (Å²) >= 11 is 0. The molecule has 0 aromatic heterocycles. The normalized spacial score (nSPS) is 16.7. The van der Waals surface area contributed by atoms with Gasteiger partial charge in [0.15, 0.2) is 0 Å². The summed E-state index contributed by atoms with van der Waals surface area (Å²) in [6, 6.07) is 6.32. The number of carboxylic acids is 1. The van der Waals surface area contributed by atoms with Gasteiger partial charge in [0.05, 0.1) is 4.90 Å². The first-order valence-electron chi connectivity index (χ1n) is 7.01. The van der Waals surface area contributed by atoms with Crippen molar-refractivity contribution in [2.45, 2.75) is 18.2 Å². The van der Waals surface area contributed by atoms with Gasteiger partial charge < -0.3 is 10.0 Å². The summed E-state index contributed by atoms with van der Waals surface area (Å²) in [4.78, 5) is 28.2. The van der Waals surface area contributed by atoms with Crippen LogP contribution in [0.25, 0.3) is 0 Å². The van der Waals surface area contributed by atoms with Crippen molar-refractivity contribution < 1.29 is 23.1 Å². The fourth-order valence-corrected chi connectivity index (χ4v) is 3.47. The Bertz CT molecular complexity index is 757. The first-order chi connectivity index (χ1) is 10.8. The number of hydrogen-bond donors (Lipinski definition) is 2. The third-order valence-electron chi connectivity index (χ3n) is 3.21. The second-order valence-electron chi connectivity index (χ2n) is 4.98. The van der Waals surface area contributed by atoms with Crippen LogP contribution in [0.2, 0.25) is 0 Å². The van der Waals surface area contributed by atoms with E-state index in [2.05, 4.69) is 9.71 Å². The van der Waals surface area contributed by atoms with Gasteiger partial charge in [0.25, 0.3) is 10.0 Å². The van der Waals surface area contributed by atoms with Gasteiger partial charge in [-0.25, -0.2) is 8.42 Å². The first kappa shape index (κ1) is 16.9. The Morgan fingerprint density at radius 2 is 2.00 bits per heavy atom. The number of carbonyl (C=O) groups is 2. The molecule has 1 aliphatic rings. The number of hydrogen-bond acceptors (Lipinski definition) is 5. The Hall–Kier alpha value is -2.42. The van der Waals surface area contributed by atoms with Gasteiger partial charge in [0, 0.05) is 12.1 Å². The Kier molecular flexibility index (Phi) is 4.99. The van der Waals surface area contributed by atoms with E-state index < -0.39 is 28.4 Å². The summed E-state index contributed by atoms with van der Waals surface area (Å²) in [5.41, 5.74) is 0.403. The van der Waals surface area contributed by atoms with Crippen LogP contribution in [0.3, 0.4) is 0 Å². The maximum absolute atomic E-state index is 12.1. The van der Waals surface area contributed by atoms with Gasteiger partial charge in [-0.2, -0.15) is 0 Å². The molecule has 124 valence electrons. The van der Waals surface area contributed by atoms with Crippen molar-refractivity contribution in [2.75, 3.05) is 19.6 Å². The van der Waals surface area contributed by atoms with Crippen molar-refractivity contribution in [3.8, 4) is 0 Å². The predicted molar refractivity (Wildman–Crippen MR) is 82.7 cm³/mol. The maximum atomic E-state index is 12.1. The first-order valence-corrected chi connectivity index (χ1v) is 8.49. The second-order valence-corrected chi connectivity index (χ2v) is 6.63. The number of nitrogens with one attached hydrogen (secondary N) is 1. The summed E-state index contributed by atoms with van der Waals surface area (Å²) in [6.45, 7) is 1.41. The van der Waals surface area contributed by atoms with Gasteiger partial charge in [-0.3, -0.25) is 19.3 Å². The maximum Gasteiger partial charge on any atom is 0.323 e. The van der Waals surface area contributed by atoms with E-state index in [4.69, 9.17) is 5.11 Å². The van der Waals surface area contributed by atoms with Gasteiger partial charge in [-0.1, -0.05) is 19.1 Å². The van der Waals surface area contributed by atoms with Crippen molar-refractivity contribution in [3.05, 3.63) is 29.8 Å². The Morgan fingerprint density at radius 1 is 1.30 bits per heavy atom. The Balaban J connectivity index is 2.17. The van der Waals surface area contributed by atoms with Crippen LogP contribution in [-0.4, -0.2) is 55.8 Å². The number of fused-ring (bicyclic) bond motifs is 1. The minimum absolute atomic E-state index is 0.0979. The molecule has 2 rings (SSSR count). The van der Waals surface area contributed by atoms with Crippen LogP contribution in [0.4, 0.5) is 0 Å². The Labute approximate surface area is 133 Å². The zero-order valence-corrected chi connectivity index (χ0v) is 13.3. The van der Waals surface area contributed by atoms with Crippen LogP contribution in [0.5, 0.6) is 0 Å². The molecule has 1 amide bonds. The highest BCUT2D eigenvalue weighted by atomic mass is 32.2. The minimum atomic E-state index is -3.65. The van der Waals surface area contributed by atoms with Crippen molar-refractivity contribution in [2.24, 2.45) is 4.99 Å². The van der Waals surface area contributed by atoms with Crippen molar-refractivity contribution >= 4 is 27.7 Å². The molecule has 8 nitrogen and oxygen atoms in total. The summed E-state index contributed by atoms with van der Waals surface area (Å²) in [5.74, 6) is -1.47. The minimum Gasteiger partial charge on any atom is -0.480 e. The van der Waals surface area contributed by atoms with Crippen molar-refractivity contribution in [3.63, 3.8) is 0 Å². The molecule has 1 aromatic carbocycles. The Morgan fingerprint density at radius 3 is 2.65 bits per heavy atom. The number of amidine groups is 1. The fraction of sp³-hybridized carbons (Fsp3) is 0.357. The second kappa shape index (κ2) is 6.78. The smallest absolute Gasteiger partial charge is 0.323 e. The van der Waals surface area contributed by atoms with E-state index in [1.807, 2.05) is 6.92 Å². The van der Waals surface area contributed by atoms with Crippen LogP contribution in [0.1, 0.15) is 18.9 Å². The van der Waals surface area contributed by atoms with Crippen LogP contribution in [0, 0.1) is 0 Å². The van der Waals surface area contributed by atoms with E-state index in [0.717, 1.165) is 0 Å². The zero-order chi connectivity index (χ0) is 17.0. The number of amides is 1. The van der Waals surface area contributed by atoms with E-state index in [1.54, 1.807) is 18.2 Å². The summed E-state index contributed by atoms with van der Waals surface area (Å²) in [6.07, 6.45) is 0.616. The molecule has 0 aliphatic carbocycles. The lowest BCUT2D eigenvalue weighted by Gasteiger charge is -2.18. The lowest BCUT2D eigenvalue weighted by Crippen LogP contribution is -2.38. The highest BCUT2D eigenvalue weighted by Gasteiger charge is 2.30. The molecule has 0 saturated carbocycles. The quantitative estimate of drug-likeness (QED) is 0.759. The molecule has 2 N–H and O–H groups in total. The molecule has 1 heterocycles. The number of aliphatic imine (C=N–C) groups is 1. The average Bonchev–Trinajstić information content (AvgIpc) is 2.76. The van der Waals surface area contributed by atoms with E-state index in [0.29, 0.717) is 18.5 Å². The molecule has 1 aliphatic heterocycles. The fourth-order valence-electron chi connectivity index (χ4n) is 2.22. The average molecular weight is 339 g/mol. The number of carbonyl (C=O) groups excluding carboxylic acids is 1. The molecule has 0 atom stereocenters. The molecule has 1 aromatic rings. The molecular weight excluding hydrogens is 322 g/mol. The summed E-state index contributed by atoms with van der Waals surface area (Å²) in [5, 5.41) is 8.82. The third kappa shape index (κ3) is 3.86. The number of aliphatic carboxylic acids is 1. The predicted octanol–water partition coefficient (Wildman–Crippen LogP) is 0.0483. The molecule has 0 fully saturated rings. The van der Waals surface area contributed by atoms with E-state index in [1.165, 1.54) is 11.0 Å². The van der Waals surface area contributed by atoms with Gasteiger partial charge in [0.1, 0.15) is 18.9 Å². The molecule has 23 heavy (non-hydrogen) atoms. The summed E-state index contributed by atoms with van der Waals surface area (Å²) in [7, 11) is -3.65. The molecule has 0 radical (unpaired) electrons. The highest BCUT2D eigenvalue weighted by molar-refractivity contribution is 7.90. The lowest BCUT2D eigenvalue weighted by atomic mass is 10.2. The number of carboxylic acid groups (broad SMARTS) is 1. The van der Waals surface area contributed by atoms with E-state index in [-0.39, 0.29) is 17.3 Å². The molecule has 0 spiro atoms. The van der Waals surface area contributed by atoms with Gasteiger partial charge in [-0.05, 0) is 18.6 Å². The lowest BCUT2D eigenvalue weighted by molar-refractivity contribution is -0.143. The number of rotatable bonds is 6. The highest BCUT2D eigenvalue weighted by Crippen LogP contribution is 2.22. The van der Waals surface area contributed by atoms with Gasteiger partial charge in [-0.15, -0.1) is 0 Å². The number of nitrogens with zero attached hydrogens (tertiary/aromatic N) is 2. The molecular formula is C14H17N3O5S. The molecule has 0 unspecified atom stereocenters. The van der Waals surface area contributed by atoms with Crippen LogP contribution >= 0.6 is 0 Å². The largest absolute Gasteiger partial charge is 0.480 e. The van der Waals surface area contributed by atoms with Gasteiger partial charge in [0.2, 0.25) is 5.91 Å². The zero-order valence-electron chi connectivity index (χ0n) is 12.5. The van der Waals surface area contributed by atoms with Crippen LogP contribution in [-0.2, 0) is 19.6 Å². The van der Waals surface area contributed by atoms with Crippen LogP contribution in [0.15, 0.2) is 34.2 Å². The number of benzene rings is 1. The third-order valence-corrected chi connectivity index (χ3v) is 4.60. The number of sulfonamides is 1. The summed E-state index contributed by atoms with van der Waals surface area (Å²) < 4.78 is 26.1. The van der Waals surface area contributed by atoms with E-state index >= 15 is 0 Å². The molecule has 0 saturated heterocycles. The van der Waals surface area contributed by atoms with Crippen molar-refractivity contribution in [1.82, 2.24) is 9.62 Å². The van der Waals surface area contributed by atoms with Crippen molar-refractivity contribution in [1.29, 1.82) is 0 Å².